The molecule has 0 N–H and O–H groups in total. The fourth-order valence-corrected chi connectivity index (χ4v) is 2.29. The van der Waals surface area contributed by atoms with Crippen LogP contribution in [-0.2, 0) is 21.1 Å². The smallest absolute Gasteiger partial charge is 0.225 e. The van der Waals surface area contributed by atoms with Crippen molar-refractivity contribution in [2.45, 2.75) is 51.5 Å². The van der Waals surface area contributed by atoms with E-state index in [0.717, 1.165) is 5.56 Å². The van der Waals surface area contributed by atoms with E-state index in [2.05, 4.69) is 6.58 Å². The number of rotatable bonds is 5. The van der Waals surface area contributed by atoms with Gasteiger partial charge in [0, 0.05) is 19.4 Å². The SMILES string of the molecule is C=CC1(OOC(C)(C)C)CCC(=O)N1Cc1ccccc1. The number of benzene rings is 1. The maximum absolute atomic E-state index is 12.2. The van der Waals surface area contributed by atoms with Crippen LogP contribution in [-0.4, -0.2) is 22.1 Å². The van der Waals surface area contributed by atoms with Gasteiger partial charge in [-0.1, -0.05) is 36.9 Å². The van der Waals surface area contributed by atoms with Gasteiger partial charge in [-0.3, -0.25) is 4.79 Å². The number of hydrogen-bond acceptors (Lipinski definition) is 3. The summed E-state index contributed by atoms with van der Waals surface area (Å²) in [6, 6.07) is 9.85. The monoisotopic (exact) mass is 289 g/mol. The van der Waals surface area contributed by atoms with Crippen molar-refractivity contribution >= 4 is 5.91 Å². The lowest BCUT2D eigenvalue weighted by Gasteiger charge is -2.36. The lowest BCUT2D eigenvalue weighted by Crippen LogP contribution is -2.47. The number of amides is 1. The summed E-state index contributed by atoms with van der Waals surface area (Å²) >= 11 is 0. The highest BCUT2D eigenvalue weighted by Crippen LogP contribution is 2.35. The highest BCUT2D eigenvalue weighted by atomic mass is 17.2. The maximum Gasteiger partial charge on any atom is 0.225 e. The predicted molar refractivity (Wildman–Crippen MR) is 81.1 cm³/mol. The van der Waals surface area contributed by atoms with Crippen molar-refractivity contribution in [3.8, 4) is 0 Å². The molecule has 2 rings (SSSR count). The van der Waals surface area contributed by atoms with E-state index in [9.17, 15) is 4.79 Å². The number of likely N-dealkylation sites (tertiary alicyclic amines) is 1. The van der Waals surface area contributed by atoms with Crippen LogP contribution in [0.4, 0.5) is 0 Å². The van der Waals surface area contributed by atoms with Gasteiger partial charge in [0.25, 0.3) is 0 Å². The van der Waals surface area contributed by atoms with Crippen molar-refractivity contribution < 1.29 is 14.6 Å². The van der Waals surface area contributed by atoms with Gasteiger partial charge in [0.05, 0.1) is 5.60 Å². The predicted octanol–water partition coefficient (Wildman–Crippen LogP) is 3.44. The second-order valence-electron chi connectivity index (χ2n) is 6.29. The molecule has 1 aliphatic rings. The molecule has 1 fully saturated rings. The Morgan fingerprint density at radius 2 is 2.00 bits per heavy atom. The molecular formula is C17H23NO3. The van der Waals surface area contributed by atoms with Gasteiger partial charge >= 0.3 is 0 Å². The second kappa shape index (κ2) is 6.00. The zero-order valence-electron chi connectivity index (χ0n) is 13.0. The van der Waals surface area contributed by atoms with Crippen LogP contribution in [0.15, 0.2) is 43.0 Å². The topological polar surface area (TPSA) is 38.8 Å². The third-order valence-electron chi connectivity index (χ3n) is 3.39. The minimum Gasteiger partial charge on any atom is -0.304 e. The highest BCUT2D eigenvalue weighted by molar-refractivity contribution is 5.79. The largest absolute Gasteiger partial charge is 0.304 e. The molecule has 114 valence electrons. The molecule has 0 aromatic heterocycles. The van der Waals surface area contributed by atoms with Gasteiger partial charge in [0.2, 0.25) is 5.91 Å². The molecular weight excluding hydrogens is 266 g/mol. The van der Waals surface area contributed by atoms with Gasteiger partial charge < -0.3 is 4.90 Å². The third-order valence-corrected chi connectivity index (χ3v) is 3.39. The highest BCUT2D eigenvalue weighted by Gasteiger charge is 2.46. The van der Waals surface area contributed by atoms with Crippen LogP contribution in [0.3, 0.4) is 0 Å². The summed E-state index contributed by atoms with van der Waals surface area (Å²) in [5.41, 5.74) is -0.279. The molecule has 0 saturated carbocycles. The Balaban J connectivity index is 2.18. The first kappa shape index (κ1) is 15.7. The maximum atomic E-state index is 12.2. The van der Waals surface area contributed by atoms with Crippen LogP contribution in [0.1, 0.15) is 39.2 Å². The quantitative estimate of drug-likeness (QED) is 0.473. The molecule has 4 nitrogen and oxygen atoms in total. The van der Waals surface area contributed by atoms with E-state index in [0.29, 0.717) is 19.4 Å². The normalized spacial score (nSPS) is 22.6. The molecule has 1 saturated heterocycles. The Hall–Kier alpha value is -1.65. The molecule has 1 aromatic rings. The van der Waals surface area contributed by atoms with Crippen molar-refractivity contribution in [3.05, 3.63) is 48.6 Å². The van der Waals surface area contributed by atoms with E-state index >= 15 is 0 Å². The zero-order valence-corrected chi connectivity index (χ0v) is 13.0. The average Bonchev–Trinajstić information content (AvgIpc) is 2.75. The first-order valence-electron chi connectivity index (χ1n) is 7.21. The summed E-state index contributed by atoms with van der Waals surface area (Å²) in [6.45, 7) is 10.0. The fraction of sp³-hybridized carbons (Fsp3) is 0.471. The number of carbonyl (C=O) groups excluding carboxylic acids is 1. The molecule has 0 aliphatic carbocycles. The van der Waals surface area contributed by atoms with Crippen molar-refractivity contribution in [2.75, 3.05) is 0 Å². The molecule has 1 amide bonds. The van der Waals surface area contributed by atoms with E-state index < -0.39 is 11.3 Å². The Kier molecular flexibility index (Phi) is 4.49. The van der Waals surface area contributed by atoms with E-state index in [1.54, 1.807) is 11.0 Å². The van der Waals surface area contributed by atoms with Gasteiger partial charge in [-0.25, -0.2) is 9.78 Å². The molecule has 0 spiro atoms. The number of hydrogen-bond donors (Lipinski definition) is 0. The molecule has 1 aromatic carbocycles. The lowest BCUT2D eigenvalue weighted by atomic mass is 10.1. The summed E-state index contributed by atoms with van der Waals surface area (Å²) in [5.74, 6) is 0.0521. The number of nitrogens with zero attached hydrogens (tertiary/aromatic N) is 1. The summed E-state index contributed by atoms with van der Waals surface area (Å²) in [4.78, 5) is 25.0. The third kappa shape index (κ3) is 3.71. The first-order chi connectivity index (χ1) is 9.86. The molecule has 21 heavy (non-hydrogen) atoms. The van der Waals surface area contributed by atoms with Crippen LogP contribution < -0.4 is 0 Å². The van der Waals surface area contributed by atoms with Gasteiger partial charge in [-0.05, 0) is 32.4 Å². The van der Waals surface area contributed by atoms with Crippen molar-refractivity contribution in [1.29, 1.82) is 0 Å². The molecule has 1 unspecified atom stereocenters. The Labute approximate surface area is 126 Å². The Morgan fingerprint density at radius 3 is 2.57 bits per heavy atom. The van der Waals surface area contributed by atoms with E-state index in [1.165, 1.54) is 0 Å². The Morgan fingerprint density at radius 1 is 1.33 bits per heavy atom. The average molecular weight is 289 g/mol. The molecule has 1 heterocycles. The van der Waals surface area contributed by atoms with Crippen LogP contribution in [0.25, 0.3) is 0 Å². The Bertz CT molecular complexity index is 507. The summed E-state index contributed by atoms with van der Waals surface area (Å²) in [6.07, 6.45) is 2.65. The summed E-state index contributed by atoms with van der Waals surface area (Å²) in [5, 5.41) is 0. The molecule has 0 bridgehead atoms. The van der Waals surface area contributed by atoms with Crippen molar-refractivity contribution in [3.63, 3.8) is 0 Å². The van der Waals surface area contributed by atoms with Crippen LogP contribution in [0.2, 0.25) is 0 Å². The molecule has 1 atom stereocenters. The van der Waals surface area contributed by atoms with Gasteiger partial charge in [-0.15, -0.1) is 0 Å². The van der Waals surface area contributed by atoms with E-state index in [1.807, 2.05) is 51.1 Å². The van der Waals surface area contributed by atoms with Gasteiger partial charge in [0.15, 0.2) is 5.72 Å². The van der Waals surface area contributed by atoms with Crippen molar-refractivity contribution in [2.24, 2.45) is 0 Å². The minimum atomic E-state index is -0.889. The number of carbonyl (C=O) groups is 1. The molecule has 1 aliphatic heterocycles. The summed E-state index contributed by atoms with van der Waals surface area (Å²) in [7, 11) is 0. The lowest BCUT2D eigenvalue weighted by molar-refractivity contribution is -0.413. The zero-order chi connectivity index (χ0) is 15.5. The van der Waals surface area contributed by atoms with Crippen LogP contribution in [0, 0.1) is 0 Å². The van der Waals surface area contributed by atoms with Gasteiger partial charge in [-0.2, -0.15) is 0 Å². The molecule has 0 radical (unpaired) electrons. The van der Waals surface area contributed by atoms with Gasteiger partial charge in [0.1, 0.15) is 0 Å². The summed E-state index contributed by atoms with van der Waals surface area (Å²) < 4.78 is 0. The van der Waals surface area contributed by atoms with E-state index in [4.69, 9.17) is 9.78 Å². The first-order valence-corrected chi connectivity index (χ1v) is 7.21. The van der Waals surface area contributed by atoms with E-state index in [-0.39, 0.29) is 5.91 Å². The standard InChI is InChI=1S/C17H23NO3/c1-5-17(21-20-16(2,3)4)12-11-15(19)18(17)13-14-9-7-6-8-10-14/h5-10H,1,11-13H2,2-4H3. The minimum absolute atomic E-state index is 0.0521. The van der Waals surface area contributed by atoms with Crippen LogP contribution >= 0.6 is 0 Å². The van der Waals surface area contributed by atoms with Crippen molar-refractivity contribution in [1.82, 2.24) is 4.90 Å². The fourth-order valence-electron chi connectivity index (χ4n) is 2.29. The van der Waals surface area contributed by atoms with Crippen LogP contribution in [0.5, 0.6) is 0 Å². The second-order valence-corrected chi connectivity index (χ2v) is 6.29. The molecule has 4 heteroatoms.